The van der Waals surface area contributed by atoms with Gasteiger partial charge < -0.3 is 0 Å². The first-order valence-corrected chi connectivity index (χ1v) is 6.54. The number of carbonyl (C=O) groups is 1. The number of hydrogen-bond donors (Lipinski definition) is 0. The molecule has 0 unspecified atom stereocenters. The van der Waals surface area contributed by atoms with E-state index in [0.29, 0.717) is 11.1 Å². The Bertz CT molecular complexity index is 672. The Morgan fingerprint density at radius 3 is 2.24 bits per heavy atom. The van der Waals surface area contributed by atoms with Crippen molar-refractivity contribution in [2.45, 2.75) is 26.4 Å². The monoisotopic (exact) mass is 292 g/mol. The third-order valence-corrected chi connectivity index (χ3v) is 3.47. The zero-order chi connectivity index (χ0) is 15.6. The molecule has 2 aromatic carbocycles. The molecule has 0 aliphatic heterocycles. The molecule has 2 aromatic rings. The van der Waals surface area contributed by atoms with Crippen molar-refractivity contribution in [2.75, 3.05) is 0 Å². The molecule has 0 saturated carbocycles. The molecule has 0 aromatic heterocycles. The van der Waals surface area contributed by atoms with Crippen molar-refractivity contribution in [3.8, 4) is 0 Å². The topological polar surface area (TPSA) is 17.1 Å². The maximum atomic E-state index is 12.6. The van der Waals surface area contributed by atoms with Crippen LogP contribution in [0.5, 0.6) is 0 Å². The van der Waals surface area contributed by atoms with Gasteiger partial charge in [-0.15, -0.1) is 0 Å². The van der Waals surface area contributed by atoms with Gasteiger partial charge in [0.1, 0.15) is 0 Å². The van der Waals surface area contributed by atoms with Crippen LogP contribution in [-0.2, 0) is 12.6 Å². The van der Waals surface area contributed by atoms with Gasteiger partial charge >= 0.3 is 6.18 Å². The minimum atomic E-state index is -4.39. The molecular formula is C17H15F3O. The van der Waals surface area contributed by atoms with E-state index in [0.717, 1.165) is 23.3 Å². The van der Waals surface area contributed by atoms with Crippen molar-refractivity contribution in [3.05, 3.63) is 70.3 Å². The van der Waals surface area contributed by atoms with Crippen LogP contribution in [0.15, 0.2) is 42.5 Å². The molecule has 0 atom stereocenters. The fourth-order valence-corrected chi connectivity index (χ4v) is 2.23. The molecule has 0 spiro atoms. The van der Waals surface area contributed by atoms with Crippen molar-refractivity contribution in [2.24, 2.45) is 0 Å². The van der Waals surface area contributed by atoms with Crippen molar-refractivity contribution < 1.29 is 18.0 Å². The van der Waals surface area contributed by atoms with Crippen LogP contribution in [0.4, 0.5) is 13.2 Å². The Hall–Kier alpha value is -2.10. The normalized spacial score (nSPS) is 11.5. The molecule has 2 rings (SSSR count). The van der Waals surface area contributed by atoms with E-state index in [1.165, 1.54) is 13.0 Å². The van der Waals surface area contributed by atoms with Gasteiger partial charge in [-0.2, -0.15) is 13.2 Å². The molecule has 0 radical (unpaired) electrons. The predicted molar refractivity (Wildman–Crippen MR) is 75.4 cm³/mol. The summed E-state index contributed by atoms with van der Waals surface area (Å²) in [4.78, 5) is 12.3. The van der Waals surface area contributed by atoms with E-state index in [1.54, 1.807) is 0 Å². The highest BCUT2D eigenvalue weighted by Crippen LogP contribution is 2.30. The van der Waals surface area contributed by atoms with Gasteiger partial charge in [-0.05, 0) is 42.7 Å². The number of halogens is 3. The number of benzene rings is 2. The molecule has 1 nitrogen and oxygen atoms in total. The third-order valence-electron chi connectivity index (χ3n) is 3.47. The van der Waals surface area contributed by atoms with Crippen LogP contribution in [0.2, 0.25) is 0 Å². The van der Waals surface area contributed by atoms with E-state index in [4.69, 9.17) is 0 Å². The van der Waals surface area contributed by atoms with Gasteiger partial charge in [0.25, 0.3) is 0 Å². The fourth-order valence-electron chi connectivity index (χ4n) is 2.23. The molecule has 0 N–H and O–H groups in total. The number of ketones is 1. The van der Waals surface area contributed by atoms with Crippen molar-refractivity contribution in [3.63, 3.8) is 0 Å². The van der Waals surface area contributed by atoms with Gasteiger partial charge in [-0.25, -0.2) is 0 Å². The van der Waals surface area contributed by atoms with Gasteiger partial charge in [0.05, 0.1) is 5.56 Å². The number of hydrogen-bond acceptors (Lipinski definition) is 1. The maximum Gasteiger partial charge on any atom is 0.416 e. The van der Waals surface area contributed by atoms with Crippen LogP contribution in [0.25, 0.3) is 0 Å². The van der Waals surface area contributed by atoms with Gasteiger partial charge in [-0.3, -0.25) is 4.79 Å². The standard InChI is InChI=1S/C17H15F3O/c1-11-5-3-4-6-13(11)10-16(21)15-8-7-14(9-12(15)2)17(18,19)20/h3-9H,10H2,1-2H3. The molecule has 0 fully saturated rings. The predicted octanol–water partition coefficient (Wildman–Crippen LogP) is 4.75. The van der Waals surface area contributed by atoms with Gasteiger partial charge in [-0.1, -0.05) is 30.3 Å². The van der Waals surface area contributed by atoms with Crippen LogP contribution in [0, 0.1) is 13.8 Å². The molecule has 4 heteroatoms. The summed E-state index contributed by atoms with van der Waals surface area (Å²) in [6.45, 7) is 3.43. The van der Waals surface area contributed by atoms with E-state index >= 15 is 0 Å². The first-order chi connectivity index (χ1) is 9.79. The number of rotatable bonds is 3. The van der Waals surface area contributed by atoms with E-state index < -0.39 is 11.7 Å². The first-order valence-electron chi connectivity index (χ1n) is 6.54. The van der Waals surface area contributed by atoms with Crippen LogP contribution in [0.1, 0.15) is 32.6 Å². The molecule has 21 heavy (non-hydrogen) atoms. The number of alkyl halides is 3. The maximum absolute atomic E-state index is 12.6. The van der Waals surface area contributed by atoms with Gasteiger partial charge in [0.2, 0.25) is 0 Å². The molecule has 0 aliphatic carbocycles. The van der Waals surface area contributed by atoms with Gasteiger partial charge in [0.15, 0.2) is 5.78 Å². The quantitative estimate of drug-likeness (QED) is 0.746. The number of Topliss-reactive ketones (excluding diaryl/α,β-unsaturated/α-hetero) is 1. The summed E-state index contributed by atoms with van der Waals surface area (Å²) >= 11 is 0. The minimum Gasteiger partial charge on any atom is -0.294 e. The second kappa shape index (κ2) is 5.72. The lowest BCUT2D eigenvalue weighted by atomic mass is 9.95. The summed E-state index contributed by atoms with van der Waals surface area (Å²) < 4.78 is 37.8. The Morgan fingerprint density at radius 2 is 1.67 bits per heavy atom. The van der Waals surface area contributed by atoms with E-state index in [1.807, 2.05) is 31.2 Å². The lowest BCUT2D eigenvalue weighted by Crippen LogP contribution is -2.10. The lowest BCUT2D eigenvalue weighted by Gasteiger charge is -2.11. The molecule has 0 aliphatic rings. The Balaban J connectivity index is 2.26. The van der Waals surface area contributed by atoms with Crippen molar-refractivity contribution >= 4 is 5.78 Å². The highest BCUT2D eigenvalue weighted by Gasteiger charge is 2.31. The van der Waals surface area contributed by atoms with E-state index in [9.17, 15) is 18.0 Å². The van der Waals surface area contributed by atoms with E-state index in [2.05, 4.69) is 0 Å². The average Bonchev–Trinajstić information content (AvgIpc) is 2.40. The summed E-state index contributed by atoms with van der Waals surface area (Å²) in [7, 11) is 0. The minimum absolute atomic E-state index is 0.171. The summed E-state index contributed by atoms with van der Waals surface area (Å²) in [5.41, 5.74) is 1.85. The number of carbonyl (C=O) groups excluding carboxylic acids is 1. The van der Waals surface area contributed by atoms with Crippen LogP contribution < -0.4 is 0 Å². The summed E-state index contributed by atoms with van der Waals surface area (Å²) in [6, 6.07) is 10.7. The smallest absolute Gasteiger partial charge is 0.294 e. The average molecular weight is 292 g/mol. The lowest BCUT2D eigenvalue weighted by molar-refractivity contribution is -0.137. The third kappa shape index (κ3) is 3.51. The summed E-state index contributed by atoms with van der Waals surface area (Å²) in [5, 5.41) is 0. The van der Waals surface area contributed by atoms with Gasteiger partial charge in [0, 0.05) is 12.0 Å². The first kappa shape index (κ1) is 15.3. The Kier molecular flexibility index (Phi) is 4.16. The van der Waals surface area contributed by atoms with Crippen LogP contribution in [-0.4, -0.2) is 5.78 Å². The van der Waals surface area contributed by atoms with Crippen molar-refractivity contribution in [1.82, 2.24) is 0 Å². The zero-order valence-corrected chi connectivity index (χ0v) is 11.8. The van der Waals surface area contributed by atoms with Crippen LogP contribution in [0.3, 0.4) is 0 Å². The molecule has 0 bridgehead atoms. The molecule has 0 heterocycles. The summed E-state index contributed by atoms with van der Waals surface area (Å²) in [6.07, 6.45) is -4.19. The molecular weight excluding hydrogens is 277 g/mol. The zero-order valence-electron chi connectivity index (χ0n) is 11.8. The molecule has 0 amide bonds. The Morgan fingerprint density at radius 1 is 1.00 bits per heavy atom. The number of aryl methyl sites for hydroxylation is 2. The Labute approximate surface area is 121 Å². The second-order valence-electron chi connectivity index (χ2n) is 5.05. The highest BCUT2D eigenvalue weighted by atomic mass is 19.4. The highest BCUT2D eigenvalue weighted by molar-refractivity contribution is 5.99. The SMILES string of the molecule is Cc1ccccc1CC(=O)c1ccc(C(F)(F)F)cc1C. The summed E-state index contributed by atoms with van der Waals surface area (Å²) in [5.74, 6) is -0.171. The molecule has 0 saturated heterocycles. The van der Waals surface area contributed by atoms with Crippen molar-refractivity contribution in [1.29, 1.82) is 0 Å². The second-order valence-corrected chi connectivity index (χ2v) is 5.05. The van der Waals surface area contributed by atoms with E-state index in [-0.39, 0.29) is 12.2 Å². The molecule has 110 valence electrons. The van der Waals surface area contributed by atoms with Crippen LogP contribution >= 0.6 is 0 Å². The fraction of sp³-hybridized carbons (Fsp3) is 0.235. The largest absolute Gasteiger partial charge is 0.416 e.